The summed E-state index contributed by atoms with van der Waals surface area (Å²) in [7, 11) is 0. The van der Waals surface area contributed by atoms with Gasteiger partial charge in [0.2, 0.25) is 0 Å². The molecule has 0 spiro atoms. The SMILES string of the molecule is O=[As](O)(O)c1ccc(N=Nc2ccc(NC3CCCCC3)cc2)cc1. The number of nitrogens with one attached hydrogen (secondary N) is 1. The molecular weight excluding hydrogens is 381 g/mol. The quantitative estimate of drug-likeness (QED) is 0.527. The van der Waals surface area contributed by atoms with E-state index in [0.717, 1.165) is 11.4 Å². The van der Waals surface area contributed by atoms with Gasteiger partial charge in [0.15, 0.2) is 0 Å². The molecule has 0 atom stereocenters. The maximum absolute atomic E-state index is 11.2. The number of nitrogens with zero attached hydrogens (tertiary/aromatic N) is 2. The van der Waals surface area contributed by atoms with Gasteiger partial charge < -0.3 is 0 Å². The minimum absolute atomic E-state index is 0.0372. The molecule has 0 heterocycles. The van der Waals surface area contributed by atoms with E-state index in [-0.39, 0.29) is 4.35 Å². The van der Waals surface area contributed by atoms with Crippen molar-refractivity contribution in [1.29, 1.82) is 0 Å². The number of anilines is 1. The summed E-state index contributed by atoms with van der Waals surface area (Å²) >= 11 is -4.83. The van der Waals surface area contributed by atoms with Crippen LogP contribution in [0.15, 0.2) is 58.8 Å². The van der Waals surface area contributed by atoms with E-state index in [0.29, 0.717) is 11.7 Å². The van der Waals surface area contributed by atoms with Crippen LogP contribution in [0.5, 0.6) is 0 Å². The van der Waals surface area contributed by atoms with Crippen LogP contribution >= 0.6 is 0 Å². The summed E-state index contributed by atoms with van der Waals surface area (Å²) in [5, 5.41) is 11.8. The topological polar surface area (TPSA) is 94.3 Å². The third-order valence-electron chi connectivity index (χ3n) is 4.31. The summed E-state index contributed by atoms with van der Waals surface area (Å²) in [6.45, 7) is 0. The van der Waals surface area contributed by atoms with Gasteiger partial charge in [0.1, 0.15) is 0 Å². The second kappa shape index (κ2) is 8.00. The maximum atomic E-state index is 11.2. The number of rotatable bonds is 5. The van der Waals surface area contributed by atoms with E-state index >= 15 is 0 Å². The van der Waals surface area contributed by atoms with Gasteiger partial charge in [-0.05, 0) is 12.8 Å². The molecule has 2 aromatic rings. The first-order valence-electron chi connectivity index (χ1n) is 8.45. The summed E-state index contributed by atoms with van der Waals surface area (Å²) in [6.07, 6.45) is 6.39. The molecule has 0 saturated heterocycles. The van der Waals surface area contributed by atoms with Crippen molar-refractivity contribution in [3.8, 4) is 0 Å². The zero-order chi connectivity index (χ0) is 17.7. The molecule has 0 bridgehead atoms. The van der Waals surface area contributed by atoms with Crippen molar-refractivity contribution in [2.45, 2.75) is 38.1 Å². The standard InChI is InChI=1S/C18H22AsN3O3/c23-19(24,25)14-6-8-17(9-7-14)21-22-18-12-10-16(11-13-18)20-15-4-2-1-3-5-15/h6-13,15,20H,1-5H2,(H2,23,24,25). The van der Waals surface area contributed by atoms with Crippen LogP contribution in [0.25, 0.3) is 0 Å². The Morgan fingerprint density at radius 2 is 1.36 bits per heavy atom. The average molecular weight is 403 g/mol. The Kier molecular flexibility index (Phi) is 5.74. The van der Waals surface area contributed by atoms with Crippen molar-refractivity contribution in [3.05, 3.63) is 48.5 Å². The molecule has 7 heteroatoms. The van der Waals surface area contributed by atoms with Crippen molar-refractivity contribution >= 4 is 35.6 Å². The van der Waals surface area contributed by atoms with E-state index in [9.17, 15) is 3.74 Å². The predicted molar refractivity (Wildman–Crippen MR) is 98.1 cm³/mol. The number of hydrogen-bond donors (Lipinski definition) is 3. The summed E-state index contributed by atoms with van der Waals surface area (Å²) < 4.78 is 29.5. The Morgan fingerprint density at radius 3 is 1.88 bits per heavy atom. The van der Waals surface area contributed by atoms with E-state index in [1.165, 1.54) is 44.2 Å². The summed E-state index contributed by atoms with van der Waals surface area (Å²) in [6, 6.07) is 14.3. The van der Waals surface area contributed by atoms with Crippen LogP contribution in [-0.2, 0) is 3.74 Å². The molecule has 2 aromatic carbocycles. The van der Waals surface area contributed by atoms with Crippen molar-refractivity contribution < 1.29 is 11.9 Å². The fourth-order valence-corrected chi connectivity index (χ4v) is 4.06. The number of benzene rings is 2. The van der Waals surface area contributed by atoms with Gasteiger partial charge in [0.25, 0.3) is 0 Å². The molecule has 0 aromatic heterocycles. The number of azo groups is 1. The van der Waals surface area contributed by atoms with Crippen LogP contribution in [0, 0.1) is 0 Å². The monoisotopic (exact) mass is 403 g/mol. The van der Waals surface area contributed by atoms with Crippen LogP contribution in [0.1, 0.15) is 32.1 Å². The van der Waals surface area contributed by atoms with Crippen LogP contribution in [0.4, 0.5) is 17.1 Å². The van der Waals surface area contributed by atoms with Gasteiger partial charge in [-0.25, -0.2) is 0 Å². The Bertz CT molecular complexity index is 763. The molecule has 0 aliphatic heterocycles. The molecule has 25 heavy (non-hydrogen) atoms. The van der Waals surface area contributed by atoms with Crippen molar-refractivity contribution in [3.63, 3.8) is 0 Å². The van der Waals surface area contributed by atoms with Crippen LogP contribution < -0.4 is 9.67 Å². The molecule has 3 N–H and O–H groups in total. The van der Waals surface area contributed by atoms with Gasteiger partial charge >= 0.3 is 118 Å². The van der Waals surface area contributed by atoms with Gasteiger partial charge in [0, 0.05) is 0 Å². The van der Waals surface area contributed by atoms with Crippen LogP contribution in [-0.4, -0.2) is 28.4 Å². The fraction of sp³-hybridized carbons (Fsp3) is 0.333. The zero-order valence-electron chi connectivity index (χ0n) is 13.9. The molecule has 0 amide bonds. The van der Waals surface area contributed by atoms with Gasteiger partial charge in [-0.2, -0.15) is 0 Å². The molecule has 1 aliphatic rings. The second-order valence-electron chi connectivity index (χ2n) is 6.29. The first kappa shape index (κ1) is 17.9. The summed E-state index contributed by atoms with van der Waals surface area (Å²) in [4.78, 5) is 0. The Balaban J connectivity index is 1.60. The first-order chi connectivity index (χ1) is 12.0. The van der Waals surface area contributed by atoms with E-state index in [1.807, 2.05) is 24.3 Å². The van der Waals surface area contributed by atoms with Gasteiger partial charge in [-0.1, -0.05) is 19.3 Å². The molecular formula is C18H22AsN3O3. The predicted octanol–water partition coefficient (Wildman–Crippen LogP) is 3.41. The normalized spacial score (nSPS) is 16.2. The van der Waals surface area contributed by atoms with Gasteiger partial charge in [-0.15, -0.1) is 0 Å². The summed E-state index contributed by atoms with van der Waals surface area (Å²) in [5.41, 5.74) is 2.38. The molecule has 0 unspecified atom stereocenters. The Hall–Kier alpha value is -1.88. The van der Waals surface area contributed by atoms with E-state index in [4.69, 9.17) is 8.19 Å². The molecule has 132 valence electrons. The third-order valence-corrected chi connectivity index (χ3v) is 6.35. The van der Waals surface area contributed by atoms with Crippen molar-refractivity contribution in [2.75, 3.05) is 5.32 Å². The van der Waals surface area contributed by atoms with E-state index in [2.05, 4.69) is 15.5 Å². The van der Waals surface area contributed by atoms with Gasteiger partial charge in [0.05, 0.1) is 0 Å². The van der Waals surface area contributed by atoms with E-state index < -0.39 is 14.2 Å². The fourth-order valence-electron chi connectivity index (χ4n) is 2.94. The number of hydrogen-bond acceptors (Lipinski definition) is 4. The van der Waals surface area contributed by atoms with Crippen molar-refractivity contribution in [2.24, 2.45) is 10.2 Å². The van der Waals surface area contributed by atoms with Crippen molar-refractivity contribution in [1.82, 2.24) is 0 Å². The molecule has 6 nitrogen and oxygen atoms in total. The zero-order valence-corrected chi connectivity index (χ0v) is 15.8. The summed E-state index contributed by atoms with van der Waals surface area (Å²) in [5.74, 6) is 0. The van der Waals surface area contributed by atoms with Gasteiger partial charge in [-0.3, -0.25) is 0 Å². The average Bonchev–Trinajstić information content (AvgIpc) is 2.62. The molecule has 3 rings (SSSR count). The van der Waals surface area contributed by atoms with Crippen LogP contribution in [0.3, 0.4) is 0 Å². The molecule has 0 radical (unpaired) electrons. The second-order valence-corrected chi connectivity index (χ2v) is 9.65. The van der Waals surface area contributed by atoms with Crippen LogP contribution in [0.2, 0.25) is 0 Å². The first-order valence-corrected chi connectivity index (χ1v) is 11.8. The van der Waals surface area contributed by atoms with E-state index in [1.54, 1.807) is 12.1 Å². The molecule has 1 aliphatic carbocycles. The Labute approximate surface area is 150 Å². The molecule has 1 saturated carbocycles. The third kappa shape index (κ3) is 5.30. The Morgan fingerprint density at radius 1 is 0.840 bits per heavy atom. The minimum atomic E-state index is -4.83. The molecule has 1 fully saturated rings.